The molecule has 0 unspecified atom stereocenters. The van der Waals surface area contributed by atoms with E-state index in [2.05, 4.69) is 0 Å². The summed E-state index contributed by atoms with van der Waals surface area (Å²) in [6.07, 6.45) is 0. The summed E-state index contributed by atoms with van der Waals surface area (Å²) in [7, 11) is 0. The predicted octanol–water partition coefficient (Wildman–Crippen LogP) is 1.46. The van der Waals surface area contributed by atoms with Crippen molar-refractivity contribution in [3.8, 4) is 0 Å². The van der Waals surface area contributed by atoms with Gasteiger partial charge >= 0.3 is 6.03 Å². The number of aryl methyl sites for hydroxylation is 1. The van der Waals surface area contributed by atoms with Crippen molar-refractivity contribution in [2.75, 3.05) is 0 Å². The second kappa shape index (κ2) is 4.11. The van der Waals surface area contributed by atoms with Crippen LogP contribution in [0.2, 0.25) is 5.02 Å². The van der Waals surface area contributed by atoms with Gasteiger partial charge in [-0.3, -0.25) is 10.1 Å². The molecule has 74 valence electrons. The van der Waals surface area contributed by atoms with E-state index in [0.717, 1.165) is 5.56 Å². The molecule has 0 aliphatic rings. The molecule has 0 heterocycles. The van der Waals surface area contributed by atoms with Gasteiger partial charge in [0.2, 0.25) is 0 Å². The number of primary amides is 1. The SMILES string of the molecule is Cc1cc(C(=O)NC(N)=O)ccc1Cl. The summed E-state index contributed by atoms with van der Waals surface area (Å²) in [4.78, 5) is 21.7. The number of nitrogens with two attached hydrogens (primary N) is 1. The van der Waals surface area contributed by atoms with Gasteiger partial charge in [-0.15, -0.1) is 0 Å². The van der Waals surface area contributed by atoms with Crippen molar-refractivity contribution in [2.24, 2.45) is 5.73 Å². The van der Waals surface area contributed by atoms with Crippen molar-refractivity contribution in [1.29, 1.82) is 0 Å². The normalized spacial score (nSPS) is 9.57. The molecule has 1 aromatic rings. The van der Waals surface area contributed by atoms with Crippen LogP contribution in [0.25, 0.3) is 0 Å². The molecule has 0 fully saturated rings. The van der Waals surface area contributed by atoms with E-state index in [4.69, 9.17) is 17.3 Å². The standard InChI is InChI=1S/C9H9ClN2O2/c1-5-4-6(2-3-7(5)10)8(13)12-9(11)14/h2-4H,1H3,(H3,11,12,13,14). The number of rotatable bonds is 1. The molecule has 0 spiro atoms. The summed E-state index contributed by atoms with van der Waals surface area (Å²) in [5, 5.41) is 2.53. The van der Waals surface area contributed by atoms with E-state index in [9.17, 15) is 9.59 Å². The summed E-state index contributed by atoms with van der Waals surface area (Å²) < 4.78 is 0. The van der Waals surface area contributed by atoms with Crippen molar-refractivity contribution >= 4 is 23.5 Å². The number of nitrogens with one attached hydrogen (secondary N) is 1. The van der Waals surface area contributed by atoms with Gasteiger partial charge in [-0.2, -0.15) is 0 Å². The molecule has 4 nitrogen and oxygen atoms in total. The average Bonchev–Trinajstić information content (AvgIpc) is 2.08. The lowest BCUT2D eigenvalue weighted by Gasteiger charge is -2.02. The monoisotopic (exact) mass is 212 g/mol. The fraction of sp³-hybridized carbons (Fsp3) is 0.111. The highest BCUT2D eigenvalue weighted by Gasteiger charge is 2.08. The van der Waals surface area contributed by atoms with Crippen LogP contribution in [-0.4, -0.2) is 11.9 Å². The third-order valence-corrected chi connectivity index (χ3v) is 2.08. The van der Waals surface area contributed by atoms with Crippen molar-refractivity contribution in [3.63, 3.8) is 0 Å². The zero-order chi connectivity index (χ0) is 10.7. The third kappa shape index (κ3) is 2.47. The molecule has 5 heteroatoms. The second-order valence-corrected chi connectivity index (χ2v) is 3.19. The van der Waals surface area contributed by atoms with Crippen LogP contribution in [0.3, 0.4) is 0 Å². The van der Waals surface area contributed by atoms with E-state index in [1.165, 1.54) is 6.07 Å². The number of urea groups is 1. The Morgan fingerprint density at radius 1 is 1.43 bits per heavy atom. The summed E-state index contributed by atoms with van der Waals surface area (Å²) in [5.74, 6) is -0.530. The number of imide groups is 1. The quantitative estimate of drug-likeness (QED) is 0.740. The van der Waals surface area contributed by atoms with Gasteiger partial charge in [-0.05, 0) is 30.7 Å². The van der Waals surface area contributed by atoms with Gasteiger partial charge in [0.1, 0.15) is 0 Å². The Bertz CT molecular complexity index is 390. The van der Waals surface area contributed by atoms with Gasteiger partial charge in [0.25, 0.3) is 5.91 Å². The highest BCUT2D eigenvalue weighted by molar-refractivity contribution is 6.31. The van der Waals surface area contributed by atoms with E-state index < -0.39 is 11.9 Å². The maximum Gasteiger partial charge on any atom is 0.319 e. The Balaban J connectivity index is 2.91. The molecule has 1 aromatic carbocycles. The molecule has 0 aromatic heterocycles. The number of carbonyl (C=O) groups is 2. The average molecular weight is 213 g/mol. The Morgan fingerprint density at radius 3 is 2.57 bits per heavy atom. The van der Waals surface area contributed by atoms with Gasteiger partial charge in [0.05, 0.1) is 0 Å². The van der Waals surface area contributed by atoms with Crippen LogP contribution < -0.4 is 11.1 Å². The van der Waals surface area contributed by atoms with Gasteiger partial charge in [-0.1, -0.05) is 11.6 Å². The van der Waals surface area contributed by atoms with Gasteiger partial charge in [-0.25, -0.2) is 4.79 Å². The van der Waals surface area contributed by atoms with Crippen LogP contribution in [0.5, 0.6) is 0 Å². The van der Waals surface area contributed by atoms with Crippen molar-refractivity contribution in [2.45, 2.75) is 6.92 Å². The molecule has 14 heavy (non-hydrogen) atoms. The third-order valence-electron chi connectivity index (χ3n) is 1.66. The molecule has 0 saturated heterocycles. The fourth-order valence-electron chi connectivity index (χ4n) is 0.970. The van der Waals surface area contributed by atoms with Crippen LogP contribution in [0.4, 0.5) is 4.79 Å². The second-order valence-electron chi connectivity index (χ2n) is 2.78. The Morgan fingerprint density at radius 2 is 2.07 bits per heavy atom. The van der Waals surface area contributed by atoms with E-state index in [-0.39, 0.29) is 0 Å². The van der Waals surface area contributed by atoms with Crippen molar-refractivity contribution in [3.05, 3.63) is 34.3 Å². The van der Waals surface area contributed by atoms with Crippen LogP contribution >= 0.6 is 11.6 Å². The number of hydrogen-bond donors (Lipinski definition) is 2. The summed E-state index contributed by atoms with van der Waals surface area (Å²) in [6, 6.07) is 3.82. The number of benzene rings is 1. The highest BCUT2D eigenvalue weighted by atomic mass is 35.5. The Labute approximate surface area is 86.0 Å². The minimum Gasteiger partial charge on any atom is -0.351 e. The van der Waals surface area contributed by atoms with E-state index in [1.54, 1.807) is 19.1 Å². The van der Waals surface area contributed by atoms with Crippen LogP contribution in [0, 0.1) is 6.92 Å². The maximum absolute atomic E-state index is 11.3. The first-order valence-electron chi connectivity index (χ1n) is 3.87. The molecule has 0 radical (unpaired) electrons. The number of carbonyl (C=O) groups excluding carboxylic acids is 2. The molecule has 3 N–H and O–H groups in total. The number of hydrogen-bond acceptors (Lipinski definition) is 2. The molecule has 0 aliphatic carbocycles. The summed E-state index contributed by atoms with van der Waals surface area (Å²) in [5.41, 5.74) is 5.92. The first-order chi connectivity index (χ1) is 6.50. The van der Waals surface area contributed by atoms with Crippen LogP contribution in [0.1, 0.15) is 15.9 Å². The molecule has 0 saturated carbocycles. The zero-order valence-electron chi connectivity index (χ0n) is 7.50. The highest BCUT2D eigenvalue weighted by Crippen LogP contribution is 2.15. The molecule has 0 bridgehead atoms. The van der Waals surface area contributed by atoms with Crippen molar-refractivity contribution in [1.82, 2.24) is 5.32 Å². The summed E-state index contributed by atoms with van der Waals surface area (Å²) in [6.45, 7) is 1.77. The molecule has 0 aliphatic heterocycles. The van der Waals surface area contributed by atoms with Crippen LogP contribution in [0.15, 0.2) is 18.2 Å². The molecular weight excluding hydrogens is 204 g/mol. The minimum atomic E-state index is -0.873. The van der Waals surface area contributed by atoms with Gasteiger partial charge < -0.3 is 5.73 Å². The number of halogens is 1. The van der Waals surface area contributed by atoms with Crippen molar-refractivity contribution < 1.29 is 9.59 Å². The minimum absolute atomic E-state index is 0.353. The smallest absolute Gasteiger partial charge is 0.319 e. The van der Waals surface area contributed by atoms with E-state index in [0.29, 0.717) is 10.6 Å². The molecule has 1 rings (SSSR count). The molecule has 0 atom stereocenters. The zero-order valence-corrected chi connectivity index (χ0v) is 8.26. The van der Waals surface area contributed by atoms with Crippen LogP contribution in [-0.2, 0) is 0 Å². The predicted molar refractivity (Wildman–Crippen MR) is 53.2 cm³/mol. The molecular formula is C9H9ClN2O2. The Kier molecular flexibility index (Phi) is 3.09. The Hall–Kier alpha value is -1.55. The van der Waals surface area contributed by atoms with Gasteiger partial charge in [0.15, 0.2) is 0 Å². The topological polar surface area (TPSA) is 72.2 Å². The lowest BCUT2D eigenvalue weighted by Crippen LogP contribution is -2.34. The first kappa shape index (κ1) is 10.5. The van der Waals surface area contributed by atoms with Gasteiger partial charge in [0, 0.05) is 10.6 Å². The summed E-state index contributed by atoms with van der Waals surface area (Å²) >= 11 is 5.77. The largest absolute Gasteiger partial charge is 0.351 e. The number of amides is 3. The maximum atomic E-state index is 11.3. The van der Waals surface area contributed by atoms with E-state index in [1.807, 2.05) is 5.32 Å². The lowest BCUT2D eigenvalue weighted by molar-refractivity contribution is 0.0966. The molecule has 3 amide bonds. The first-order valence-corrected chi connectivity index (χ1v) is 4.25. The fourth-order valence-corrected chi connectivity index (χ4v) is 1.09. The lowest BCUT2D eigenvalue weighted by atomic mass is 10.1. The van der Waals surface area contributed by atoms with E-state index >= 15 is 0 Å².